The molecule has 0 aliphatic carbocycles. The summed E-state index contributed by atoms with van der Waals surface area (Å²) in [5, 5.41) is 0. The summed E-state index contributed by atoms with van der Waals surface area (Å²) < 4.78 is 11.5. The van der Waals surface area contributed by atoms with Crippen LogP contribution in [0.1, 0.15) is 20.3 Å². The number of carbonyl (C=O) groups excluding carboxylic acids is 1. The van der Waals surface area contributed by atoms with Gasteiger partial charge < -0.3 is 20.9 Å². The normalized spacial score (nSPS) is 16.3. The van der Waals surface area contributed by atoms with Gasteiger partial charge in [0, 0.05) is 18.3 Å². The van der Waals surface area contributed by atoms with Gasteiger partial charge in [-0.2, -0.15) is 0 Å². The van der Waals surface area contributed by atoms with Crippen molar-refractivity contribution < 1.29 is 14.3 Å². The van der Waals surface area contributed by atoms with E-state index >= 15 is 0 Å². The first-order valence-electron chi connectivity index (χ1n) is 8.68. The fraction of sp³-hybridized carbons (Fsp3) is 0.368. The first-order valence-corrected chi connectivity index (χ1v) is 8.68. The van der Waals surface area contributed by atoms with E-state index in [0.29, 0.717) is 48.4 Å². The molecule has 3 rings (SSSR count). The van der Waals surface area contributed by atoms with Crippen LogP contribution in [0.25, 0.3) is 0 Å². The van der Waals surface area contributed by atoms with Gasteiger partial charge in [0.15, 0.2) is 17.7 Å². The molecule has 2 aromatic rings. The lowest BCUT2D eigenvalue weighted by Gasteiger charge is -2.35. The second kappa shape index (κ2) is 7.51. The fourth-order valence-electron chi connectivity index (χ4n) is 2.84. The third-order valence-corrected chi connectivity index (χ3v) is 4.14. The molecule has 0 saturated carbocycles. The molecule has 26 heavy (non-hydrogen) atoms. The van der Waals surface area contributed by atoms with Gasteiger partial charge in [-0.05, 0) is 36.6 Å². The van der Waals surface area contributed by atoms with Crippen LogP contribution in [0.3, 0.4) is 0 Å². The van der Waals surface area contributed by atoms with Crippen LogP contribution >= 0.6 is 0 Å². The number of nitrogens with zero attached hydrogens (tertiary/aromatic N) is 2. The Kier molecular flexibility index (Phi) is 5.16. The summed E-state index contributed by atoms with van der Waals surface area (Å²) in [5.41, 5.74) is 12.2. The molecule has 1 aliphatic rings. The zero-order valence-corrected chi connectivity index (χ0v) is 15.0. The molecule has 0 bridgehead atoms. The average molecular weight is 356 g/mol. The zero-order chi connectivity index (χ0) is 18.7. The van der Waals surface area contributed by atoms with Crippen LogP contribution in [-0.2, 0) is 4.79 Å². The van der Waals surface area contributed by atoms with Crippen LogP contribution in [0.5, 0.6) is 11.5 Å². The van der Waals surface area contributed by atoms with Crippen molar-refractivity contribution in [2.75, 3.05) is 29.5 Å². The van der Waals surface area contributed by atoms with Crippen LogP contribution in [-0.4, -0.2) is 30.1 Å². The van der Waals surface area contributed by atoms with Gasteiger partial charge in [-0.1, -0.05) is 19.9 Å². The van der Waals surface area contributed by atoms with E-state index in [4.69, 9.17) is 20.9 Å². The predicted molar refractivity (Wildman–Crippen MR) is 101 cm³/mol. The third kappa shape index (κ3) is 3.82. The maximum atomic E-state index is 12.8. The number of benzene rings is 1. The number of nitrogen functional groups attached to an aromatic ring is 2. The molecule has 7 heteroatoms. The molecule has 4 N–H and O–H groups in total. The Bertz CT molecular complexity index is 794. The van der Waals surface area contributed by atoms with E-state index in [1.54, 1.807) is 29.2 Å². The molecular formula is C19H24N4O3. The summed E-state index contributed by atoms with van der Waals surface area (Å²) in [6.45, 7) is 4.84. The first kappa shape index (κ1) is 17.8. The van der Waals surface area contributed by atoms with E-state index in [2.05, 4.69) is 4.98 Å². The molecule has 138 valence electrons. The van der Waals surface area contributed by atoms with Crippen molar-refractivity contribution in [2.45, 2.75) is 26.4 Å². The smallest absolute Gasteiger partial charge is 0.269 e. The van der Waals surface area contributed by atoms with E-state index in [0.717, 1.165) is 0 Å². The Balaban J connectivity index is 1.69. The summed E-state index contributed by atoms with van der Waals surface area (Å²) in [6.07, 6.45) is 0.115. The van der Waals surface area contributed by atoms with Crippen molar-refractivity contribution in [3.8, 4) is 11.5 Å². The van der Waals surface area contributed by atoms with Crippen LogP contribution in [0, 0.1) is 5.92 Å². The number of carbonyl (C=O) groups is 1. The van der Waals surface area contributed by atoms with Gasteiger partial charge in [-0.15, -0.1) is 0 Å². The largest absolute Gasteiger partial charge is 0.493 e. The minimum absolute atomic E-state index is 0.0549. The van der Waals surface area contributed by atoms with E-state index in [-0.39, 0.29) is 11.8 Å². The van der Waals surface area contributed by atoms with Crippen molar-refractivity contribution in [2.24, 2.45) is 5.92 Å². The van der Waals surface area contributed by atoms with Gasteiger partial charge in [0.1, 0.15) is 11.6 Å². The fourth-order valence-corrected chi connectivity index (χ4v) is 2.84. The number of hydrogen-bond donors (Lipinski definition) is 2. The summed E-state index contributed by atoms with van der Waals surface area (Å²) >= 11 is 0. The highest BCUT2D eigenvalue weighted by atomic mass is 16.5. The number of nitrogens with two attached hydrogens (primary N) is 2. The summed E-state index contributed by atoms with van der Waals surface area (Å²) in [4.78, 5) is 18.7. The summed E-state index contributed by atoms with van der Waals surface area (Å²) in [6, 6.07) is 10.7. The lowest BCUT2D eigenvalue weighted by molar-refractivity contribution is -0.128. The highest BCUT2D eigenvalue weighted by Gasteiger charge is 2.37. The second-order valence-corrected chi connectivity index (χ2v) is 6.60. The highest BCUT2D eigenvalue weighted by Crippen LogP contribution is 2.34. The molecule has 0 saturated heterocycles. The highest BCUT2D eigenvalue weighted by molar-refractivity contribution is 5.99. The molecule has 1 aromatic heterocycles. The van der Waals surface area contributed by atoms with Crippen molar-refractivity contribution >= 4 is 23.2 Å². The van der Waals surface area contributed by atoms with Crippen LogP contribution < -0.4 is 25.8 Å². The topological polar surface area (TPSA) is 104 Å². The van der Waals surface area contributed by atoms with E-state index in [9.17, 15) is 4.79 Å². The third-order valence-electron chi connectivity index (χ3n) is 4.14. The predicted octanol–water partition coefficient (Wildman–Crippen LogP) is 2.47. The SMILES string of the molecule is CC(C)C1Oc2ccc(N)nc2N(CCCOc2cccc(N)c2)C1=O. The molecule has 1 aliphatic heterocycles. The number of hydrogen-bond acceptors (Lipinski definition) is 6. The summed E-state index contributed by atoms with van der Waals surface area (Å²) in [7, 11) is 0. The van der Waals surface area contributed by atoms with Gasteiger partial charge in [0.2, 0.25) is 0 Å². The maximum absolute atomic E-state index is 12.8. The standard InChI is InChI=1S/C19H24N4O3/c1-12(2)17-19(24)23(18-15(26-17)7-8-16(21)22-18)9-4-10-25-14-6-3-5-13(20)11-14/h3,5-8,11-12,17H,4,9-10,20H2,1-2H3,(H2,21,22). The summed E-state index contributed by atoms with van der Waals surface area (Å²) in [5.74, 6) is 2.06. The molecule has 1 aromatic carbocycles. The van der Waals surface area contributed by atoms with E-state index in [1.807, 2.05) is 26.0 Å². The number of pyridine rings is 1. The number of fused-ring (bicyclic) bond motifs is 1. The molecule has 1 amide bonds. The molecule has 1 atom stereocenters. The van der Waals surface area contributed by atoms with Gasteiger partial charge in [0.05, 0.1) is 6.61 Å². The minimum atomic E-state index is -0.525. The lowest BCUT2D eigenvalue weighted by atomic mass is 10.0. The van der Waals surface area contributed by atoms with Gasteiger partial charge >= 0.3 is 0 Å². The first-order chi connectivity index (χ1) is 12.5. The Labute approximate surface area is 152 Å². The Morgan fingerprint density at radius 1 is 1.27 bits per heavy atom. The van der Waals surface area contributed by atoms with Gasteiger partial charge in [0.25, 0.3) is 5.91 Å². The quantitative estimate of drug-likeness (QED) is 0.609. The van der Waals surface area contributed by atoms with Crippen LogP contribution in [0.2, 0.25) is 0 Å². The second-order valence-electron chi connectivity index (χ2n) is 6.60. The molecule has 0 radical (unpaired) electrons. The number of amides is 1. The van der Waals surface area contributed by atoms with Crippen LogP contribution in [0.4, 0.5) is 17.3 Å². The van der Waals surface area contributed by atoms with Gasteiger partial charge in [-0.25, -0.2) is 4.98 Å². The molecule has 1 unspecified atom stereocenters. The van der Waals surface area contributed by atoms with Gasteiger partial charge in [-0.3, -0.25) is 9.69 Å². The van der Waals surface area contributed by atoms with Crippen molar-refractivity contribution in [3.05, 3.63) is 36.4 Å². The van der Waals surface area contributed by atoms with E-state index < -0.39 is 6.10 Å². The number of ether oxygens (including phenoxy) is 2. The van der Waals surface area contributed by atoms with Crippen molar-refractivity contribution in [3.63, 3.8) is 0 Å². The average Bonchev–Trinajstić information content (AvgIpc) is 2.59. The molecular weight excluding hydrogens is 332 g/mol. The zero-order valence-electron chi connectivity index (χ0n) is 15.0. The van der Waals surface area contributed by atoms with Crippen LogP contribution in [0.15, 0.2) is 36.4 Å². The molecule has 7 nitrogen and oxygen atoms in total. The van der Waals surface area contributed by atoms with Crippen molar-refractivity contribution in [1.82, 2.24) is 4.98 Å². The minimum Gasteiger partial charge on any atom is -0.493 e. The Morgan fingerprint density at radius 3 is 2.81 bits per heavy atom. The molecule has 2 heterocycles. The molecule has 0 spiro atoms. The number of rotatable bonds is 6. The molecule has 0 fully saturated rings. The maximum Gasteiger partial charge on any atom is 0.269 e. The van der Waals surface area contributed by atoms with E-state index in [1.165, 1.54) is 0 Å². The Hall–Kier alpha value is -2.96. The van der Waals surface area contributed by atoms with Crippen molar-refractivity contribution in [1.29, 1.82) is 0 Å². The number of aromatic nitrogens is 1. The monoisotopic (exact) mass is 356 g/mol. The Morgan fingerprint density at radius 2 is 2.08 bits per heavy atom. The number of anilines is 3. The lowest BCUT2D eigenvalue weighted by Crippen LogP contribution is -2.49.